The predicted octanol–water partition coefficient (Wildman–Crippen LogP) is 4.72. The summed E-state index contributed by atoms with van der Waals surface area (Å²) in [5.41, 5.74) is 1.25. The van der Waals surface area contributed by atoms with E-state index in [1.807, 2.05) is 5.38 Å². The van der Waals surface area contributed by atoms with Gasteiger partial charge in [-0.05, 0) is 24.0 Å². The summed E-state index contributed by atoms with van der Waals surface area (Å²) in [6.45, 7) is 11.1. The molecule has 1 saturated heterocycles. The summed E-state index contributed by atoms with van der Waals surface area (Å²) in [5, 5.41) is 6.06. The van der Waals surface area contributed by atoms with Crippen LogP contribution in [-0.4, -0.2) is 51.0 Å². The van der Waals surface area contributed by atoms with Gasteiger partial charge in [0, 0.05) is 37.1 Å². The second-order valence-corrected chi connectivity index (χ2v) is 9.13. The molecule has 1 N–H and O–H groups in total. The van der Waals surface area contributed by atoms with Crippen LogP contribution in [0.5, 0.6) is 5.75 Å². The van der Waals surface area contributed by atoms with Crippen LogP contribution in [0.2, 0.25) is 0 Å². The quantitative estimate of drug-likeness (QED) is 0.543. The van der Waals surface area contributed by atoms with Crippen LogP contribution in [0.4, 0.5) is 13.9 Å². The lowest BCUT2D eigenvalue weighted by Gasteiger charge is -2.26. The van der Waals surface area contributed by atoms with E-state index in [1.165, 1.54) is 17.4 Å². The second kappa shape index (κ2) is 10.5. The smallest absolute Gasteiger partial charge is 0.201 e. The van der Waals surface area contributed by atoms with Crippen molar-refractivity contribution in [2.75, 3.05) is 50.9 Å². The van der Waals surface area contributed by atoms with Crippen molar-refractivity contribution in [3.63, 3.8) is 0 Å². The third kappa shape index (κ3) is 5.89. The summed E-state index contributed by atoms with van der Waals surface area (Å²) in [5.74, 6) is -1.97. The van der Waals surface area contributed by atoms with Crippen LogP contribution in [0.25, 0.3) is 11.3 Å². The Hall–Kier alpha value is -1.77. The van der Waals surface area contributed by atoms with E-state index in [1.54, 1.807) is 0 Å². The lowest BCUT2D eigenvalue weighted by Crippen LogP contribution is -2.36. The highest BCUT2D eigenvalue weighted by molar-refractivity contribution is 7.14. The molecule has 0 bridgehead atoms. The number of halogens is 2. The van der Waals surface area contributed by atoms with E-state index < -0.39 is 11.6 Å². The van der Waals surface area contributed by atoms with Crippen LogP contribution in [0.15, 0.2) is 17.5 Å². The molecular weight excluding hydrogens is 408 g/mol. The van der Waals surface area contributed by atoms with Crippen LogP contribution in [0, 0.1) is 17.0 Å². The first-order valence-electron chi connectivity index (χ1n) is 10.5. The first-order chi connectivity index (χ1) is 14.4. The summed E-state index contributed by atoms with van der Waals surface area (Å²) in [6, 6.07) is 2.65. The predicted molar refractivity (Wildman–Crippen MR) is 118 cm³/mol. The molecule has 2 heterocycles. The zero-order valence-corrected chi connectivity index (χ0v) is 18.8. The van der Waals surface area contributed by atoms with Gasteiger partial charge < -0.3 is 19.7 Å². The Kier molecular flexibility index (Phi) is 8.02. The Morgan fingerprint density at radius 1 is 1.27 bits per heavy atom. The van der Waals surface area contributed by atoms with Gasteiger partial charge in [-0.2, -0.15) is 4.39 Å². The molecule has 1 aliphatic heterocycles. The Morgan fingerprint density at radius 2 is 2.03 bits per heavy atom. The van der Waals surface area contributed by atoms with E-state index in [9.17, 15) is 8.78 Å². The van der Waals surface area contributed by atoms with Gasteiger partial charge in [0.15, 0.2) is 16.7 Å². The van der Waals surface area contributed by atoms with Crippen molar-refractivity contribution in [3.05, 3.63) is 29.1 Å². The van der Waals surface area contributed by atoms with Crippen molar-refractivity contribution >= 4 is 16.5 Å². The van der Waals surface area contributed by atoms with Gasteiger partial charge >= 0.3 is 0 Å². The summed E-state index contributed by atoms with van der Waals surface area (Å²) >= 11 is 1.48. The maximum atomic E-state index is 14.5. The van der Waals surface area contributed by atoms with Crippen LogP contribution >= 0.6 is 11.3 Å². The highest BCUT2D eigenvalue weighted by atomic mass is 32.1. The van der Waals surface area contributed by atoms with Gasteiger partial charge in [-0.15, -0.1) is 11.3 Å². The van der Waals surface area contributed by atoms with E-state index in [4.69, 9.17) is 9.47 Å². The van der Waals surface area contributed by atoms with E-state index in [2.05, 4.69) is 36.0 Å². The molecule has 1 fully saturated rings. The van der Waals surface area contributed by atoms with Crippen molar-refractivity contribution in [1.82, 2.24) is 10.3 Å². The number of hydrogen-bond donors (Lipinski definition) is 1. The fourth-order valence-corrected chi connectivity index (χ4v) is 4.46. The van der Waals surface area contributed by atoms with Crippen molar-refractivity contribution in [2.45, 2.75) is 33.6 Å². The van der Waals surface area contributed by atoms with Crippen LogP contribution in [0.1, 0.15) is 33.6 Å². The van der Waals surface area contributed by atoms with Crippen LogP contribution < -0.4 is 15.0 Å². The zero-order valence-electron chi connectivity index (χ0n) is 18.0. The molecule has 0 radical (unpaired) electrons. The summed E-state index contributed by atoms with van der Waals surface area (Å²) in [6.07, 6.45) is 2.25. The number of nitrogens with zero attached hydrogens (tertiary/aromatic N) is 2. The highest BCUT2D eigenvalue weighted by Gasteiger charge is 2.21. The van der Waals surface area contributed by atoms with Gasteiger partial charge in [0.1, 0.15) is 6.61 Å². The van der Waals surface area contributed by atoms with Crippen LogP contribution in [0.3, 0.4) is 0 Å². The Labute approximate surface area is 181 Å². The Balaban J connectivity index is 1.66. The fraction of sp³-hybridized carbons (Fsp3) is 0.591. The first-order valence-corrected chi connectivity index (χ1v) is 11.4. The Morgan fingerprint density at radius 3 is 2.77 bits per heavy atom. The van der Waals surface area contributed by atoms with E-state index in [0.29, 0.717) is 31.0 Å². The molecule has 0 saturated carbocycles. The molecule has 166 valence electrons. The molecule has 0 amide bonds. The van der Waals surface area contributed by atoms with Gasteiger partial charge in [-0.25, -0.2) is 9.37 Å². The number of nitrogens with one attached hydrogen (secondary N) is 1. The molecule has 0 spiro atoms. The molecule has 0 aliphatic carbocycles. The number of morpholine rings is 1. The van der Waals surface area contributed by atoms with Crippen molar-refractivity contribution in [1.29, 1.82) is 0 Å². The molecule has 1 aromatic carbocycles. The minimum Gasteiger partial charge on any atom is -0.488 e. The van der Waals surface area contributed by atoms with Crippen LogP contribution in [-0.2, 0) is 4.74 Å². The summed E-state index contributed by atoms with van der Waals surface area (Å²) < 4.78 is 39.5. The van der Waals surface area contributed by atoms with Crippen molar-refractivity contribution in [3.8, 4) is 17.0 Å². The lowest BCUT2D eigenvalue weighted by molar-refractivity contribution is 0.122. The lowest BCUT2D eigenvalue weighted by atomic mass is 9.88. The summed E-state index contributed by atoms with van der Waals surface area (Å²) in [4.78, 5) is 6.78. The molecule has 30 heavy (non-hydrogen) atoms. The maximum Gasteiger partial charge on any atom is 0.201 e. The van der Waals surface area contributed by atoms with Gasteiger partial charge in [0.05, 0.1) is 18.9 Å². The normalized spacial score (nSPS) is 14.9. The SMILES string of the molecule is CCCC(C)(C)CNCCOc1c(-c2csc(N3CCOCC3)n2)ccc(F)c1F. The minimum absolute atomic E-state index is 0.0801. The topological polar surface area (TPSA) is 46.6 Å². The molecule has 8 heteroatoms. The molecular formula is C22H31F2N3O2S. The van der Waals surface area contributed by atoms with E-state index >= 15 is 0 Å². The number of ether oxygens (including phenoxy) is 2. The second-order valence-electron chi connectivity index (χ2n) is 8.29. The standard InChI is InChI=1S/C22H31F2N3O2S/c1-4-7-22(2,3)15-25-8-11-29-20-16(5-6-17(23)19(20)24)18-14-30-21(26-18)27-9-12-28-13-10-27/h5-6,14,25H,4,7-13,15H2,1-3H3. The maximum absolute atomic E-state index is 14.5. The average Bonchev–Trinajstić information content (AvgIpc) is 3.21. The van der Waals surface area contributed by atoms with Crippen molar-refractivity contribution in [2.24, 2.45) is 5.41 Å². The van der Waals surface area contributed by atoms with Gasteiger partial charge in [-0.3, -0.25) is 0 Å². The number of hydrogen-bond acceptors (Lipinski definition) is 6. The third-order valence-corrected chi connectivity index (χ3v) is 6.06. The molecule has 2 aromatic rings. The zero-order chi connectivity index (χ0) is 21.6. The number of aromatic nitrogens is 1. The van der Waals surface area contributed by atoms with E-state index in [-0.39, 0.29) is 17.8 Å². The molecule has 0 atom stereocenters. The van der Waals surface area contributed by atoms with Gasteiger partial charge in [0.2, 0.25) is 5.82 Å². The average molecular weight is 440 g/mol. The number of thiazole rings is 1. The monoisotopic (exact) mass is 439 g/mol. The molecule has 3 rings (SSSR count). The molecule has 1 aliphatic rings. The summed E-state index contributed by atoms with van der Waals surface area (Å²) in [7, 11) is 0. The first kappa shape index (κ1) is 22.9. The van der Waals surface area contributed by atoms with Gasteiger partial charge in [-0.1, -0.05) is 27.2 Å². The van der Waals surface area contributed by atoms with Crippen molar-refractivity contribution < 1.29 is 18.3 Å². The minimum atomic E-state index is -0.972. The Bertz CT molecular complexity index is 823. The highest BCUT2D eigenvalue weighted by Crippen LogP contribution is 2.36. The number of benzene rings is 1. The molecule has 0 unspecified atom stereocenters. The molecule has 5 nitrogen and oxygen atoms in total. The third-order valence-electron chi connectivity index (χ3n) is 5.16. The van der Waals surface area contributed by atoms with E-state index in [0.717, 1.165) is 43.7 Å². The fourth-order valence-electron chi connectivity index (χ4n) is 3.58. The van der Waals surface area contributed by atoms with Gasteiger partial charge in [0.25, 0.3) is 0 Å². The number of rotatable bonds is 10. The molecule has 1 aromatic heterocycles. The number of anilines is 1. The largest absolute Gasteiger partial charge is 0.488 e.